The standard InChI is InChI=1S/C10H14O/c1-2-3-6-9-7-4-5-8-10(9)11/h2,5,8-9H,1,3-4,6-7H2/t9-/m1/s1. The van der Waals surface area contributed by atoms with E-state index in [0.29, 0.717) is 5.78 Å². The van der Waals surface area contributed by atoms with Gasteiger partial charge in [0.1, 0.15) is 0 Å². The van der Waals surface area contributed by atoms with E-state index >= 15 is 0 Å². The summed E-state index contributed by atoms with van der Waals surface area (Å²) in [6.45, 7) is 3.64. The molecule has 11 heavy (non-hydrogen) atoms. The molecule has 0 heterocycles. The Balaban J connectivity index is 2.38. The summed E-state index contributed by atoms with van der Waals surface area (Å²) >= 11 is 0. The van der Waals surface area contributed by atoms with Crippen molar-refractivity contribution in [2.75, 3.05) is 0 Å². The van der Waals surface area contributed by atoms with Crippen molar-refractivity contribution < 1.29 is 4.79 Å². The average molecular weight is 150 g/mol. The maximum atomic E-state index is 11.2. The molecule has 0 aromatic heterocycles. The molecule has 1 heteroatoms. The van der Waals surface area contributed by atoms with Crippen LogP contribution in [0.2, 0.25) is 0 Å². The van der Waals surface area contributed by atoms with Crippen LogP contribution in [0.4, 0.5) is 0 Å². The van der Waals surface area contributed by atoms with E-state index in [1.165, 1.54) is 0 Å². The van der Waals surface area contributed by atoms with Crippen LogP contribution in [-0.4, -0.2) is 5.78 Å². The Labute approximate surface area is 67.8 Å². The van der Waals surface area contributed by atoms with E-state index in [1.54, 1.807) is 6.08 Å². The maximum absolute atomic E-state index is 11.2. The number of ketones is 1. The number of allylic oxidation sites excluding steroid dienone is 3. The van der Waals surface area contributed by atoms with Crippen molar-refractivity contribution in [3.05, 3.63) is 24.8 Å². The summed E-state index contributed by atoms with van der Waals surface area (Å²) in [7, 11) is 0. The first kappa shape index (κ1) is 8.25. The van der Waals surface area contributed by atoms with Crippen molar-refractivity contribution in [3.8, 4) is 0 Å². The third kappa shape index (κ3) is 2.34. The zero-order valence-electron chi connectivity index (χ0n) is 6.75. The van der Waals surface area contributed by atoms with Crippen LogP contribution in [0.25, 0.3) is 0 Å². The van der Waals surface area contributed by atoms with Gasteiger partial charge in [0.15, 0.2) is 5.78 Å². The van der Waals surface area contributed by atoms with Crippen LogP contribution in [0.3, 0.4) is 0 Å². The highest BCUT2D eigenvalue weighted by Gasteiger charge is 2.16. The molecule has 0 spiro atoms. The van der Waals surface area contributed by atoms with Gasteiger partial charge in [-0.25, -0.2) is 0 Å². The maximum Gasteiger partial charge on any atom is 0.158 e. The smallest absolute Gasteiger partial charge is 0.158 e. The molecular formula is C10H14O. The van der Waals surface area contributed by atoms with Gasteiger partial charge in [-0.1, -0.05) is 12.2 Å². The van der Waals surface area contributed by atoms with Crippen molar-refractivity contribution in [1.29, 1.82) is 0 Å². The number of rotatable bonds is 3. The quantitative estimate of drug-likeness (QED) is 0.565. The lowest BCUT2D eigenvalue weighted by atomic mass is 9.89. The highest BCUT2D eigenvalue weighted by atomic mass is 16.1. The second-order valence-electron chi connectivity index (χ2n) is 2.95. The van der Waals surface area contributed by atoms with Gasteiger partial charge in [-0.3, -0.25) is 4.79 Å². The number of hydrogen-bond donors (Lipinski definition) is 0. The third-order valence-electron chi connectivity index (χ3n) is 2.09. The van der Waals surface area contributed by atoms with Crippen LogP contribution >= 0.6 is 0 Å². The van der Waals surface area contributed by atoms with Gasteiger partial charge in [0, 0.05) is 5.92 Å². The largest absolute Gasteiger partial charge is 0.295 e. The van der Waals surface area contributed by atoms with Gasteiger partial charge in [-0.05, 0) is 31.8 Å². The number of carbonyl (C=O) groups is 1. The van der Waals surface area contributed by atoms with Crippen molar-refractivity contribution in [2.45, 2.75) is 25.7 Å². The van der Waals surface area contributed by atoms with Crippen LogP contribution < -0.4 is 0 Å². The molecule has 0 amide bonds. The van der Waals surface area contributed by atoms with Gasteiger partial charge < -0.3 is 0 Å². The second-order valence-corrected chi connectivity index (χ2v) is 2.95. The molecule has 1 atom stereocenters. The summed E-state index contributed by atoms with van der Waals surface area (Å²) in [5.41, 5.74) is 0. The van der Waals surface area contributed by atoms with Crippen LogP contribution in [0.1, 0.15) is 25.7 Å². The highest BCUT2D eigenvalue weighted by molar-refractivity contribution is 5.92. The molecule has 1 aliphatic carbocycles. The Morgan fingerprint density at radius 3 is 3.18 bits per heavy atom. The zero-order chi connectivity index (χ0) is 8.10. The Morgan fingerprint density at radius 2 is 2.55 bits per heavy atom. The van der Waals surface area contributed by atoms with Gasteiger partial charge >= 0.3 is 0 Å². The number of hydrogen-bond acceptors (Lipinski definition) is 1. The van der Waals surface area contributed by atoms with Gasteiger partial charge in [0.05, 0.1) is 0 Å². The molecule has 0 saturated heterocycles. The van der Waals surface area contributed by atoms with E-state index in [-0.39, 0.29) is 5.92 Å². The van der Waals surface area contributed by atoms with E-state index in [4.69, 9.17) is 0 Å². The lowest BCUT2D eigenvalue weighted by Crippen LogP contribution is -2.14. The molecule has 1 nitrogen and oxygen atoms in total. The fraction of sp³-hybridized carbons (Fsp3) is 0.500. The predicted molar refractivity (Wildman–Crippen MR) is 46.3 cm³/mol. The first-order chi connectivity index (χ1) is 5.34. The summed E-state index contributed by atoms with van der Waals surface area (Å²) in [4.78, 5) is 11.2. The molecule has 0 unspecified atom stereocenters. The van der Waals surface area contributed by atoms with E-state index in [1.807, 2.05) is 12.2 Å². The molecule has 0 saturated carbocycles. The topological polar surface area (TPSA) is 17.1 Å². The lowest BCUT2D eigenvalue weighted by molar-refractivity contribution is -0.118. The summed E-state index contributed by atoms with van der Waals surface area (Å²) in [6.07, 6.45) is 9.60. The van der Waals surface area contributed by atoms with Crippen LogP contribution in [0, 0.1) is 5.92 Å². The van der Waals surface area contributed by atoms with Crippen LogP contribution in [-0.2, 0) is 4.79 Å². The van der Waals surface area contributed by atoms with Gasteiger partial charge in [-0.15, -0.1) is 6.58 Å². The number of carbonyl (C=O) groups excluding carboxylic acids is 1. The van der Waals surface area contributed by atoms with Crippen molar-refractivity contribution in [3.63, 3.8) is 0 Å². The molecule has 0 aromatic carbocycles. The summed E-state index contributed by atoms with van der Waals surface area (Å²) in [5, 5.41) is 0. The molecule has 0 fully saturated rings. The van der Waals surface area contributed by atoms with E-state index < -0.39 is 0 Å². The fourth-order valence-corrected chi connectivity index (χ4v) is 1.38. The molecule has 0 aromatic rings. The monoisotopic (exact) mass is 150 g/mol. The Hall–Kier alpha value is -0.850. The van der Waals surface area contributed by atoms with Gasteiger partial charge in [0.25, 0.3) is 0 Å². The van der Waals surface area contributed by atoms with Crippen molar-refractivity contribution in [1.82, 2.24) is 0 Å². The Bertz CT molecular complexity index is 179. The van der Waals surface area contributed by atoms with Gasteiger partial charge in [-0.2, -0.15) is 0 Å². The highest BCUT2D eigenvalue weighted by Crippen LogP contribution is 2.19. The van der Waals surface area contributed by atoms with Crippen molar-refractivity contribution >= 4 is 5.78 Å². The molecule has 0 bridgehead atoms. The van der Waals surface area contributed by atoms with Crippen LogP contribution in [0.5, 0.6) is 0 Å². The minimum atomic E-state index is 0.276. The Kier molecular flexibility index (Phi) is 3.09. The molecule has 0 radical (unpaired) electrons. The zero-order valence-corrected chi connectivity index (χ0v) is 6.75. The van der Waals surface area contributed by atoms with Crippen molar-refractivity contribution in [2.24, 2.45) is 5.92 Å². The second kappa shape index (κ2) is 4.12. The summed E-state index contributed by atoms with van der Waals surface area (Å²) in [6, 6.07) is 0. The molecule has 0 aliphatic heterocycles. The third-order valence-corrected chi connectivity index (χ3v) is 2.09. The minimum Gasteiger partial charge on any atom is -0.295 e. The van der Waals surface area contributed by atoms with E-state index in [2.05, 4.69) is 6.58 Å². The van der Waals surface area contributed by atoms with E-state index in [0.717, 1.165) is 25.7 Å². The minimum absolute atomic E-state index is 0.276. The molecule has 1 rings (SSSR count). The van der Waals surface area contributed by atoms with E-state index in [9.17, 15) is 4.79 Å². The lowest BCUT2D eigenvalue weighted by Gasteiger charge is -2.14. The SMILES string of the molecule is C=CCC[C@@H]1CCC=CC1=O. The normalized spacial score (nSPS) is 23.6. The first-order valence-electron chi connectivity index (χ1n) is 4.16. The average Bonchev–Trinajstić information content (AvgIpc) is 2.03. The van der Waals surface area contributed by atoms with Gasteiger partial charge in [0.2, 0.25) is 0 Å². The van der Waals surface area contributed by atoms with Crippen LogP contribution in [0.15, 0.2) is 24.8 Å². The molecule has 60 valence electrons. The first-order valence-corrected chi connectivity index (χ1v) is 4.16. The summed E-state index contributed by atoms with van der Waals surface area (Å²) < 4.78 is 0. The predicted octanol–water partition coefficient (Wildman–Crippen LogP) is 2.49. The Morgan fingerprint density at radius 1 is 1.73 bits per heavy atom. The summed E-state index contributed by atoms with van der Waals surface area (Å²) in [5.74, 6) is 0.580. The molecule has 1 aliphatic rings. The molecule has 0 N–H and O–H groups in total. The molecular weight excluding hydrogens is 136 g/mol. The fourth-order valence-electron chi connectivity index (χ4n) is 1.38.